The predicted molar refractivity (Wildman–Crippen MR) is 86.1 cm³/mol. The molecule has 0 aliphatic heterocycles. The third kappa shape index (κ3) is 3.12. The Morgan fingerprint density at radius 2 is 2.00 bits per heavy atom. The number of carbonyl (C=O) groups excluding carboxylic acids is 1. The zero-order chi connectivity index (χ0) is 16.4. The Hall–Kier alpha value is -1.85. The Balaban J connectivity index is 1.87. The van der Waals surface area contributed by atoms with Gasteiger partial charge in [0.2, 0.25) is 0 Å². The van der Waals surface area contributed by atoms with E-state index in [0.29, 0.717) is 22.8 Å². The minimum Gasteiger partial charge on any atom is -0.324 e. The van der Waals surface area contributed by atoms with Gasteiger partial charge in [0.15, 0.2) is 5.78 Å². The Labute approximate surface area is 138 Å². The van der Waals surface area contributed by atoms with Gasteiger partial charge in [-0.2, -0.15) is 0 Å². The van der Waals surface area contributed by atoms with Crippen LogP contribution in [-0.2, 0) is 11.8 Å². The number of aromatic nitrogens is 2. The topological polar surface area (TPSA) is 68.9 Å². The van der Waals surface area contributed by atoms with Gasteiger partial charge in [-0.05, 0) is 36.6 Å². The van der Waals surface area contributed by atoms with Crippen molar-refractivity contribution in [1.29, 1.82) is 0 Å². The van der Waals surface area contributed by atoms with Crippen LogP contribution < -0.4 is 5.73 Å². The molecule has 0 spiro atoms. The van der Waals surface area contributed by atoms with Gasteiger partial charge in [0.1, 0.15) is 11.6 Å². The van der Waals surface area contributed by atoms with Crippen LogP contribution in [0.2, 0.25) is 5.02 Å². The fourth-order valence-corrected chi connectivity index (χ4v) is 3.38. The lowest BCUT2D eigenvalue weighted by atomic mass is 9.62. The fourth-order valence-electron chi connectivity index (χ4n) is 3.06. The summed E-state index contributed by atoms with van der Waals surface area (Å²) in [6.07, 6.45) is 6.48. The summed E-state index contributed by atoms with van der Waals surface area (Å²) in [7, 11) is 0. The van der Waals surface area contributed by atoms with Crippen molar-refractivity contribution >= 4 is 17.4 Å². The Kier molecular flexibility index (Phi) is 4.41. The molecule has 1 saturated carbocycles. The van der Waals surface area contributed by atoms with Crippen molar-refractivity contribution in [1.82, 2.24) is 9.97 Å². The van der Waals surface area contributed by atoms with Crippen molar-refractivity contribution < 1.29 is 9.18 Å². The Morgan fingerprint density at radius 3 is 2.57 bits per heavy atom. The summed E-state index contributed by atoms with van der Waals surface area (Å²) in [6, 6.07) is 4.46. The van der Waals surface area contributed by atoms with E-state index in [9.17, 15) is 9.18 Å². The number of carbonyl (C=O) groups is 1. The highest BCUT2D eigenvalue weighted by atomic mass is 35.5. The zero-order valence-electron chi connectivity index (χ0n) is 12.6. The molecule has 0 amide bonds. The third-order valence-electron chi connectivity index (χ3n) is 4.52. The van der Waals surface area contributed by atoms with Crippen molar-refractivity contribution in [2.75, 3.05) is 6.54 Å². The maximum absolute atomic E-state index is 13.6. The molecule has 4 nitrogen and oxygen atoms in total. The molecule has 0 radical (unpaired) electrons. The number of hydrogen-bond donors (Lipinski definition) is 1. The van der Waals surface area contributed by atoms with Crippen LogP contribution >= 0.6 is 11.6 Å². The second-order valence-corrected chi connectivity index (χ2v) is 6.36. The summed E-state index contributed by atoms with van der Waals surface area (Å²) in [5.74, 6) is 0.141. The average molecular weight is 334 g/mol. The first-order valence-corrected chi connectivity index (χ1v) is 7.92. The van der Waals surface area contributed by atoms with E-state index in [0.717, 1.165) is 24.8 Å². The lowest BCUT2D eigenvalue weighted by Gasteiger charge is -2.42. The Morgan fingerprint density at radius 1 is 1.30 bits per heavy atom. The molecule has 2 N–H and O–H groups in total. The fraction of sp³-hybridized carbons (Fsp3) is 0.353. The second-order valence-electron chi connectivity index (χ2n) is 5.95. The normalized spacial score (nSPS) is 16.0. The molecule has 0 bridgehead atoms. The highest BCUT2D eigenvalue weighted by molar-refractivity contribution is 6.31. The third-order valence-corrected chi connectivity index (χ3v) is 4.85. The largest absolute Gasteiger partial charge is 0.324 e. The van der Waals surface area contributed by atoms with Gasteiger partial charge in [0, 0.05) is 29.3 Å². The maximum atomic E-state index is 13.6. The van der Waals surface area contributed by atoms with Gasteiger partial charge in [0.05, 0.1) is 12.1 Å². The molecule has 0 saturated heterocycles. The molecule has 2 aromatic rings. The van der Waals surface area contributed by atoms with Gasteiger partial charge in [-0.15, -0.1) is 0 Å². The van der Waals surface area contributed by atoms with Crippen molar-refractivity contribution in [2.24, 2.45) is 5.73 Å². The zero-order valence-corrected chi connectivity index (χ0v) is 13.3. The monoisotopic (exact) mass is 333 g/mol. The summed E-state index contributed by atoms with van der Waals surface area (Å²) in [6.45, 7) is -0.0639. The summed E-state index contributed by atoms with van der Waals surface area (Å²) < 4.78 is 13.6. The molecule has 1 heterocycles. The molecule has 1 aliphatic rings. The summed E-state index contributed by atoms with van der Waals surface area (Å²) in [4.78, 5) is 20.1. The quantitative estimate of drug-likeness (QED) is 0.854. The number of nitrogens with two attached hydrogens (primary N) is 1. The molecule has 1 aliphatic carbocycles. The molecule has 0 unspecified atom stereocenters. The Bertz CT molecular complexity index is 729. The van der Waals surface area contributed by atoms with E-state index < -0.39 is 0 Å². The van der Waals surface area contributed by atoms with Crippen LogP contribution in [0.4, 0.5) is 4.39 Å². The second kappa shape index (κ2) is 6.34. The van der Waals surface area contributed by atoms with E-state index in [4.69, 9.17) is 17.3 Å². The maximum Gasteiger partial charge on any atom is 0.179 e. The summed E-state index contributed by atoms with van der Waals surface area (Å²) in [5, 5.41) is 0.570. The minimum atomic E-state index is -0.291. The smallest absolute Gasteiger partial charge is 0.179 e. The van der Waals surface area contributed by atoms with E-state index in [2.05, 4.69) is 9.97 Å². The molecule has 6 heteroatoms. The molecule has 0 atom stereocenters. The summed E-state index contributed by atoms with van der Waals surface area (Å²) >= 11 is 6.28. The standard InChI is InChI=1S/C17H17ClFN3O/c18-14-3-2-12(19)6-13(14)17(4-1-5-17)7-16-21-9-11(10-22-16)15(23)8-20/h2-3,6,9-10H,1,4-5,7-8,20H2. The van der Waals surface area contributed by atoms with Crippen LogP contribution in [-0.4, -0.2) is 22.3 Å². The van der Waals surface area contributed by atoms with Crippen molar-refractivity contribution in [3.8, 4) is 0 Å². The molecule has 1 aromatic heterocycles. The SMILES string of the molecule is NCC(=O)c1cnc(CC2(c3cc(F)ccc3Cl)CCC2)nc1. The number of nitrogens with zero attached hydrogens (tertiary/aromatic N) is 2. The van der Waals surface area contributed by atoms with E-state index in [1.165, 1.54) is 24.5 Å². The van der Waals surface area contributed by atoms with Crippen LogP contribution in [0.3, 0.4) is 0 Å². The van der Waals surface area contributed by atoms with Crippen molar-refractivity contribution in [3.05, 3.63) is 58.4 Å². The van der Waals surface area contributed by atoms with Crippen LogP contribution in [0, 0.1) is 5.82 Å². The number of rotatable bonds is 5. The highest BCUT2D eigenvalue weighted by Crippen LogP contribution is 2.48. The minimum absolute atomic E-state index is 0.0639. The molecule has 1 aromatic carbocycles. The van der Waals surface area contributed by atoms with Gasteiger partial charge >= 0.3 is 0 Å². The molecule has 3 rings (SSSR count). The number of hydrogen-bond acceptors (Lipinski definition) is 4. The van der Waals surface area contributed by atoms with Gasteiger partial charge in [-0.3, -0.25) is 4.79 Å². The molecule has 23 heavy (non-hydrogen) atoms. The number of Topliss-reactive ketones (excluding diaryl/α,β-unsaturated/α-hetero) is 1. The van der Waals surface area contributed by atoms with E-state index >= 15 is 0 Å². The predicted octanol–water partition coefficient (Wildman–Crippen LogP) is 3.07. The van der Waals surface area contributed by atoms with E-state index in [-0.39, 0.29) is 23.6 Å². The van der Waals surface area contributed by atoms with Crippen molar-refractivity contribution in [3.63, 3.8) is 0 Å². The van der Waals surface area contributed by atoms with Gasteiger partial charge in [-0.1, -0.05) is 18.0 Å². The van der Waals surface area contributed by atoms with E-state index in [1.807, 2.05) is 0 Å². The van der Waals surface area contributed by atoms with Gasteiger partial charge in [0.25, 0.3) is 0 Å². The average Bonchev–Trinajstić information content (AvgIpc) is 2.53. The van der Waals surface area contributed by atoms with Gasteiger partial charge in [-0.25, -0.2) is 14.4 Å². The highest BCUT2D eigenvalue weighted by Gasteiger charge is 2.41. The van der Waals surface area contributed by atoms with Crippen LogP contribution in [0.25, 0.3) is 0 Å². The molecular weight excluding hydrogens is 317 g/mol. The first kappa shape index (κ1) is 16.0. The van der Waals surface area contributed by atoms with Crippen LogP contribution in [0.1, 0.15) is 41.0 Å². The summed E-state index contributed by atoms with van der Waals surface area (Å²) in [5.41, 5.74) is 6.32. The lowest BCUT2D eigenvalue weighted by molar-refractivity contribution is 0.100. The molecule has 120 valence electrons. The molecule has 1 fully saturated rings. The van der Waals surface area contributed by atoms with Gasteiger partial charge < -0.3 is 5.73 Å². The number of benzene rings is 1. The first-order valence-electron chi connectivity index (χ1n) is 7.54. The van der Waals surface area contributed by atoms with Crippen LogP contribution in [0.5, 0.6) is 0 Å². The van der Waals surface area contributed by atoms with E-state index in [1.54, 1.807) is 6.07 Å². The van der Waals surface area contributed by atoms with Crippen LogP contribution in [0.15, 0.2) is 30.6 Å². The molecular formula is C17H17ClFN3O. The first-order chi connectivity index (χ1) is 11.0. The van der Waals surface area contributed by atoms with Crippen molar-refractivity contribution in [2.45, 2.75) is 31.1 Å². The number of halogens is 2. The number of ketones is 1. The lowest BCUT2D eigenvalue weighted by Crippen LogP contribution is -2.37.